The number of hydrogen-bond acceptors (Lipinski definition) is 6. The Morgan fingerprint density at radius 2 is 1.63 bits per heavy atom. The van der Waals surface area contributed by atoms with Gasteiger partial charge in [-0.3, -0.25) is 14.4 Å². The van der Waals surface area contributed by atoms with Crippen molar-refractivity contribution in [3.63, 3.8) is 0 Å². The lowest BCUT2D eigenvalue weighted by Crippen LogP contribution is -2.32. The Hall–Kier alpha value is -3.04. The first-order valence-electron chi connectivity index (χ1n) is 8.80. The van der Waals surface area contributed by atoms with Crippen molar-refractivity contribution in [1.29, 1.82) is 0 Å². The summed E-state index contributed by atoms with van der Waals surface area (Å²) in [5.41, 5.74) is 0.585. The summed E-state index contributed by atoms with van der Waals surface area (Å²) in [4.78, 5) is 37.4. The van der Waals surface area contributed by atoms with Gasteiger partial charge in [-0.1, -0.05) is 27.7 Å². The maximum Gasteiger partial charge on any atom is 0.325 e. The van der Waals surface area contributed by atoms with Gasteiger partial charge in [-0.05, 0) is 60.7 Å². The van der Waals surface area contributed by atoms with Crippen molar-refractivity contribution in [3.8, 4) is 0 Å². The van der Waals surface area contributed by atoms with Gasteiger partial charge in [0.15, 0.2) is 12.4 Å². The Morgan fingerprint density at radius 1 is 0.967 bits per heavy atom. The molecule has 0 aliphatic carbocycles. The molecule has 3 aromatic rings. The lowest BCUT2D eigenvalue weighted by Gasteiger charge is -2.08. The minimum absolute atomic E-state index is 0.0855. The molecule has 154 valence electrons. The van der Waals surface area contributed by atoms with E-state index in [4.69, 9.17) is 9.15 Å². The van der Waals surface area contributed by atoms with Crippen LogP contribution in [0, 0.1) is 0 Å². The predicted molar refractivity (Wildman–Crippen MR) is 115 cm³/mol. The van der Waals surface area contributed by atoms with E-state index < -0.39 is 24.4 Å². The Bertz CT molecular complexity index is 1000. The van der Waals surface area contributed by atoms with Gasteiger partial charge in [0.1, 0.15) is 6.54 Å². The Balaban J connectivity index is 1.39. The number of nitrogens with one attached hydrogen (secondary N) is 2. The highest BCUT2D eigenvalue weighted by Gasteiger charge is 2.12. The van der Waals surface area contributed by atoms with Gasteiger partial charge in [-0.2, -0.15) is 0 Å². The van der Waals surface area contributed by atoms with Crippen molar-refractivity contribution in [2.45, 2.75) is 9.79 Å². The molecule has 0 atom stereocenters. The quantitative estimate of drug-likeness (QED) is 0.463. The van der Waals surface area contributed by atoms with Crippen molar-refractivity contribution in [1.82, 2.24) is 5.32 Å². The number of ether oxygens (including phenoxy) is 1. The minimum Gasteiger partial charge on any atom is -0.459 e. The molecule has 0 fully saturated rings. The number of rotatable bonds is 8. The van der Waals surface area contributed by atoms with E-state index in [0.717, 1.165) is 14.3 Å². The van der Waals surface area contributed by atoms with Gasteiger partial charge in [-0.25, -0.2) is 0 Å². The van der Waals surface area contributed by atoms with Gasteiger partial charge in [0, 0.05) is 20.0 Å². The third-order valence-electron chi connectivity index (χ3n) is 3.69. The molecule has 1 heterocycles. The average molecular weight is 489 g/mol. The van der Waals surface area contributed by atoms with E-state index in [1.807, 2.05) is 36.4 Å². The fourth-order valence-electron chi connectivity index (χ4n) is 2.29. The van der Waals surface area contributed by atoms with Crippen LogP contribution in [0.4, 0.5) is 5.69 Å². The first kappa shape index (κ1) is 21.7. The molecule has 9 heteroatoms. The number of halogens is 1. The summed E-state index contributed by atoms with van der Waals surface area (Å²) in [6, 6.07) is 18.3. The molecule has 0 saturated heterocycles. The summed E-state index contributed by atoms with van der Waals surface area (Å²) in [6.45, 7) is -0.820. The van der Waals surface area contributed by atoms with E-state index >= 15 is 0 Å². The van der Waals surface area contributed by atoms with Crippen molar-refractivity contribution < 1.29 is 23.5 Å². The third-order valence-corrected chi connectivity index (χ3v) is 5.23. The highest BCUT2D eigenvalue weighted by Crippen LogP contribution is 2.29. The van der Waals surface area contributed by atoms with Crippen LogP contribution in [-0.4, -0.2) is 30.9 Å². The van der Waals surface area contributed by atoms with Gasteiger partial charge in [-0.15, -0.1) is 0 Å². The Labute approximate surface area is 185 Å². The molecule has 1 aromatic heterocycles. The summed E-state index contributed by atoms with van der Waals surface area (Å²) in [5.74, 6) is -1.66. The third kappa shape index (κ3) is 6.78. The molecule has 0 aliphatic rings. The number of benzene rings is 2. The van der Waals surface area contributed by atoms with Gasteiger partial charge in [0.25, 0.3) is 11.8 Å². The number of anilines is 1. The molecule has 0 saturated carbocycles. The zero-order valence-corrected chi connectivity index (χ0v) is 18.0. The average Bonchev–Trinajstić information content (AvgIpc) is 3.29. The van der Waals surface area contributed by atoms with Gasteiger partial charge in [0.2, 0.25) is 0 Å². The lowest BCUT2D eigenvalue weighted by molar-refractivity contribution is -0.146. The molecule has 2 amide bonds. The molecular weight excluding hydrogens is 472 g/mol. The van der Waals surface area contributed by atoms with Crippen LogP contribution < -0.4 is 10.6 Å². The lowest BCUT2D eigenvalue weighted by atomic mass is 10.3. The molecule has 0 unspecified atom stereocenters. The molecule has 0 bridgehead atoms. The number of amides is 2. The monoisotopic (exact) mass is 488 g/mol. The topological polar surface area (TPSA) is 97.6 Å². The molecule has 30 heavy (non-hydrogen) atoms. The largest absolute Gasteiger partial charge is 0.459 e. The second kappa shape index (κ2) is 10.7. The van der Waals surface area contributed by atoms with Crippen LogP contribution in [0.15, 0.2) is 85.6 Å². The van der Waals surface area contributed by atoms with Gasteiger partial charge in [0.05, 0.1) is 6.26 Å². The highest BCUT2D eigenvalue weighted by atomic mass is 79.9. The van der Waals surface area contributed by atoms with Crippen LogP contribution in [0.5, 0.6) is 0 Å². The first-order chi connectivity index (χ1) is 14.5. The molecule has 7 nitrogen and oxygen atoms in total. The molecular formula is C21H17BrN2O5S. The second-order valence-electron chi connectivity index (χ2n) is 5.95. The standard InChI is InChI=1S/C21H17BrN2O5S/c22-14-3-7-16(8-4-14)30-17-9-5-15(6-10-17)24-19(25)13-29-20(26)12-23-21(27)18-2-1-11-28-18/h1-11H,12-13H2,(H,23,27)(H,24,25). The second-order valence-corrected chi connectivity index (χ2v) is 8.01. The molecule has 2 N–H and O–H groups in total. The molecule has 0 radical (unpaired) electrons. The Kier molecular flexibility index (Phi) is 7.69. The number of carbonyl (C=O) groups is 3. The summed E-state index contributed by atoms with van der Waals surface area (Å²) in [7, 11) is 0. The van der Waals surface area contributed by atoms with Crippen molar-refractivity contribution in [2.75, 3.05) is 18.5 Å². The smallest absolute Gasteiger partial charge is 0.325 e. The van der Waals surface area contributed by atoms with E-state index in [-0.39, 0.29) is 12.3 Å². The van der Waals surface area contributed by atoms with Crippen molar-refractivity contribution >= 4 is 51.2 Å². The van der Waals surface area contributed by atoms with E-state index in [9.17, 15) is 14.4 Å². The molecule has 0 spiro atoms. The van der Waals surface area contributed by atoms with Crippen LogP contribution in [0.3, 0.4) is 0 Å². The summed E-state index contributed by atoms with van der Waals surface area (Å²) in [6.07, 6.45) is 1.35. The van der Waals surface area contributed by atoms with Crippen LogP contribution in [-0.2, 0) is 14.3 Å². The van der Waals surface area contributed by atoms with Crippen LogP contribution in [0.2, 0.25) is 0 Å². The van der Waals surface area contributed by atoms with E-state index in [1.54, 1.807) is 30.0 Å². The molecule has 2 aromatic carbocycles. The first-order valence-corrected chi connectivity index (χ1v) is 10.4. The van der Waals surface area contributed by atoms with Gasteiger partial charge < -0.3 is 19.8 Å². The SMILES string of the molecule is O=C(COC(=O)CNC(=O)c1ccco1)Nc1ccc(Sc2ccc(Br)cc2)cc1. The van der Waals surface area contributed by atoms with Crippen molar-refractivity contribution in [3.05, 3.63) is 77.2 Å². The summed E-state index contributed by atoms with van der Waals surface area (Å²) < 4.78 is 10.8. The summed E-state index contributed by atoms with van der Waals surface area (Å²) in [5, 5.41) is 4.99. The molecule has 3 rings (SSSR count). The minimum atomic E-state index is -0.730. The van der Waals surface area contributed by atoms with Crippen LogP contribution in [0.1, 0.15) is 10.6 Å². The number of esters is 1. The fraction of sp³-hybridized carbons (Fsp3) is 0.0952. The number of furan rings is 1. The van der Waals surface area contributed by atoms with Gasteiger partial charge >= 0.3 is 5.97 Å². The zero-order valence-electron chi connectivity index (χ0n) is 15.6. The zero-order chi connectivity index (χ0) is 21.3. The Morgan fingerprint density at radius 3 is 2.27 bits per heavy atom. The van der Waals surface area contributed by atoms with Crippen LogP contribution >= 0.6 is 27.7 Å². The maximum atomic E-state index is 11.9. The highest BCUT2D eigenvalue weighted by molar-refractivity contribution is 9.10. The van der Waals surface area contributed by atoms with E-state index in [0.29, 0.717) is 5.69 Å². The normalized spacial score (nSPS) is 10.3. The van der Waals surface area contributed by atoms with Crippen LogP contribution in [0.25, 0.3) is 0 Å². The van der Waals surface area contributed by atoms with Crippen molar-refractivity contribution in [2.24, 2.45) is 0 Å². The number of carbonyl (C=O) groups excluding carboxylic acids is 3. The molecule has 0 aliphatic heterocycles. The van der Waals surface area contributed by atoms with E-state index in [2.05, 4.69) is 26.6 Å². The fourth-order valence-corrected chi connectivity index (χ4v) is 3.37. The maximum absolute atomic E-state index is 11.9. The number of hydrogen-bond donors (Lipinski definition) is 2. The van der Waals surface area contributed by atoms with E-state index in [1.165, 1.54) is 12.3 Å². The summed E-state index contributed by atoms with van der Waals surface area (Å²) >= 11 is 5.01. The predicted octanol–water partition coefficient (Wildman–Crippen LogP) is 4.11.